The van der Waals surface area contributed by atoms with Gasteiger partial charge in [-0.2, -0.15) is 0 Å². The van der Waals surface area contributed by atoms with Gasteiger partial charge in [0.25, 0.3) is 15.9 Å². The molecule has 8 heteroatoms. The lowest BCUT2D eigenvalue weighted by Crippen LogP contribution is -2.31. The minimum Gasteiger partial charge on any atom is -0.496 e. The Hall–Kier alpha value is -2.74. The van der Waals surface area contributed by atoms with Gasteiger partial charge in [0, 0.05) is 6.07 Å². The van der Waals surface area contributed by atoms with E-state index in [0.717, 1.165) is 0 Å². The third-order valence-electron chi connectivity index (χ3n) is 3.40. The second kappa shape index (κ2) is 6.40. The molecule has 0 aromatic heterocycles. The van der Waals surface area contributed by atoms with Crippen molar-refractivity contribution < 1.29 is 27.4 Å². The number of benzene rings is 2. The van der Waals surface area contributed by atoms with Gasteiger partial charge in [0.15, 0.2) is 11.5 Å². The molecule has 0 aliphatic carbocycles. The summed E-state index contributed by atoms with van der Waals surface area (Å²) in [5.74, 6) is 0.305. The van der Waals surface area contributed by atoms with Crippen molar-refractivity contribution in [3.05, 3.63) is 48.0 Å². The smallest absolute Gasteiger partial charge is 0.268 e. The number of methoxy groups -OCH3 is 1. The predicted octanol–water partition coefficient (Wildman–Crippen LogP) is 1.59. The molecule has 0 unspecified atom stereocenters. The Morgan fingerprint density at radius 3 is 2.54 bits per heavy atom. The normalized spacial score (nSPS) is 13.2. The van der Waals surface area contributed by atoms with Crippen LogP contribution in [0.4, 0.5) is 0 Å². The SMILES string of the molecule is COc1ccccc1C(=O)NS(=O)(=O)c1ccc2c(c1)OCCO2. The standard InChI is InChI=1S/C16H15NO6S/c1-21-13-5-3-2-4-12(13)16(18)17-24(19,20)11-6-7-14-15(10-11)23-9-8-22-14/h2-7,10H,8-9H2,1H3,(H,17,18). The molecule has 1 N–H and O–H groups in total. The number of para-hydroxylation sites is 1. The zero-order valence-electron chi connectivity index (χ0n) is 12.8. The maximum atomic E-state index is 12.4. The number of carbonyl (C=O) groups is 1. The zero-order valence-corrected chi connectivity index (χ0v) is 13.6. The van der Waals surface area contributed by atoms with Crippen molar-refractivity contribution in [2.45, 2.75) is 4.90 Å². The van der Waals surface area contributed by atoms with Crippen molar-refractivity contribution >= 4 is 15.9 Å². The maximum Gasteiger partial charge on any atom is 0.268 e. The van der Waals surface area contributed by atoms with E-state index in [1.165, 1.54) is 31.4 Å². The maximum absolute atomic E-state index is 12.4. The van der Waals surface area contributed by atoms with E-state index in [9.17, 15) is 13.2 Å². The van der Waals surface area contributed by atoms with Gasteiger partial charge in [-0.05, 0) is 24.3 Å². The lowest BCUT2D eigenvalue weighted by atomic mass is 10.2. The van der Waals surface area contributed by atoms with E-state index in [-0.39, 0.29) is 16.2 Å². The van der Waals surface area contributed by atoms with E-state index in [4.69, 9.17) is 14.2 Å². The molecule has 0 bridgehead atoms. The number of hydrogen-bond donors (Lipinski definition) is 1. The van der Waals surface area contributed by atoms with Gasteiger partial charge in [0.1, 0.15) is 19.0 Å². The van der Waals surface area contributed by atoms with E-state index in [1.807, 2.05) is 4.72 Å². The number of nitrogens with one attached hydrogen (secondary N) is 1. The average Bonchev–Trinajstić information content (AvgIpc) is 2.60. The molecule has 0 atom stereocenters. The topological polar surface area (TPSA) is 90.9 Å². The molecule has 126 valence electrons. The Labute approximate surface area is 139 Å². The lowest BCUT2D eigenvalue weighted by molar-refractivity contribution is 0.0978. The first-order chi connectivity index (χ1) is 11.5. The molecule has 3 rings (SSSR count). The van der Waals surface area contributed by atoms with Gasteiger partial charge in [-0.1, -0.05) is 12.1 Å². The lowest BCUT2D eigenvalue weighted by Gasteiger charge is -2.19. The fraction of sp³-hybridized carbons (Fsp3) is 0.188. The second-order valence-corrected chi connectivity index (χ2v) is 6.62. The van der Waals surface area contributed by atoms with Crippen LogP contribution in [0.1, 0.15) is 10.4 Å². The van der Waals surface area contributed by atoms with Gasteiger partial charge in [-0.15, -0.1) is 0 Å². The van der Waals surface area contributed by atoms with Crippen molar-refractivity contribution in [2.75, 3.05) is 20.3 Å². The number of fused-ring (bicyclic) bond motifs is 1. The summed E-state index contributed by atoms with van der Waals surface area (Å²) in [5.41, 5.74) is 0.126. The Bertz CT molecular complexity index is 878. The minimum absolute atomic E-state index is 0.0880. The van der Waals surface area contributed by atoms with E-state index in [1.54, 1.807) is 18.2 Å². The molecule has 1 aliphatic rings. The largest absolute Gasteiger partial charge is 0.496 e. The van der Waals surface area contributed by atoms with Crippen LogP contribution in [0, 0.1) is 0 Å². The van der Waals surface area contributed by atoms with Gasteiger partial charge in [-0.3, -0.25) is 4.79 Å². The van der Waals surface area contributed by atoms with Crippen LogP contribution in [-0.2, 0) is 10.0 Å². The average molecular weight is 349 g/mol. The highest BCUT2D eigenvalue weighted by Gasteiger charge is 2.23. The fourth-order valence-electron chi connectivity index (χ4n) is 2.26. The van der Waals surface area contributed by atoms with Crippen LogP contribution in [0.2, 0.25) is 0 Å². The highest BCUT2D eigenvalue weighted by molar-refractivity contribution is 7.90. The number of hydrogen-bond acceptors (Lipinski definition) is 6. The summed E-state index contributed by atoms with van der Waals surface area (Å²) in [5, 5.41) is 0. The molecule has 7 nitrogen and oxygen atoms in total. The molecular formula is C16H15NO6S. The highest BCUT2D eigenvalue weighted by Crippen LogP contribution is 2.32. The van der Waals surface area contributed by atoms with Gasteiger partial charge in [-0.25, -0.2) is 13.1 Å². The van der Waals surface area contributed by atoms with Gasteiger partial charge in [0.2, 0.25) is 0 Å². The molecule has 1 aliphatic heterocycles. The Kier molecular flexibility index (Phi) is 4.30. The van der Waals surface area contributed by atoms with E-state index < -0.39 is 15.9 Å². The molecule has 0 spiro atoms. The van der Waals surface area contributed by atoms with Crippen LogP contribution in [0.5, 0.6) is 17.2 Å². The second-order valence-electron chi connectivity index (χ2n) is 4.94. The predicted molar refractivity (Wildman–Crippen MR) is 85.1 cm³/mol. The minimum atomic E-state index is -4.06. The molecule has 2 aromatic carbocycles. The molecule has 0 saturated heterocycles. The van der Waals surface area contributed by atoms with Crippen molar-refractivity contribution in [3.63, 3.8) is 0 Å². The van der Waals surface area contributed by atoms with Gasteiger partial charge < -0.3 is 14.2 Å². The summed E-state index contributed by atoms with van der Waals surface area (Å²) in [4.78, 5) is 12.2. The van der Waals surface area contributed by atoms with E-state index in [2.05, 4.69) is 0 Å². The number of ether oxygens (including phenoxy) is 3. The van der Waals surface area contributed by atoms with Crippen LogP contribution in [0.25, 0.3) is 0 Å². The van der Waals surface area contributed by atoms with Gasteiger partial charge >= 0.3 is 0 Å². The highest BCUT2D eigenvalue weighted by atomic mass is 32.2. The molecule has 1 amide bonds. The summed E-state index contributed by atoms with van der Waals surface area (Å²) in [6, 6.07) is 10.5. The first-order valence-corrected chi connectivity index (χ1v) is 8.59. The quantitative estimate of drug-likeness (QED) is 0.901. The summed E-state index contributed by atoms with van der Waals surface area (Å²) in [6.07, 6.45) is 0. The van der Waals surface area contributed by atoms with Crippen molar-refractivity contribution in [3.8, 4) is 17.2 Å². The third-order valence-corrected chi connectivity index (χ3v) is 4.73. The summed E-state index contributed by atoms with van der Waals surface area (Å²) >= 11 is 0. The fourth-order valence-corrected chi connectivity index (χ4v) is 3.24. The zero-order chi connectivity index (χ0) is 17.2. The first-order valence-electron chi connectivity index (χ1n) is 7.11. The van der Waals surface area contributed by atoms with Crippen molar-refractivity contribution in [2.24, 2.45) is 0 Å². The molecule has 0 saturated carbocycles. The Balaban J connectivity index is 1.87. The molecule has 0 fully saturated rings. The first kappa shape index (κ1) is 16.1. The van der Waals surface area contributed by atoms with Crippen LogP contribution < -0.4 is 18.9 Å². The van der Waals surface area contributed by atoms with Crippen LogP contribution in [0.15, 0.2) is 47.4 Å². The molecule has 1 heterocycles. The number of rotatable bonds is 4. The molecule has 2 aromatic rings. The molecular weight excluding hydrogens is 334 g/mol. The van der Waals surface area contributed by atoms with Crippen LogP contribution in [0.3, 0.4) is 0 Å². The monoisotopic (exact) mass is 349 g/mol. The number of carbonyl (C=O) groups excluding carboxylic acids is 1. The summed E-state index contributed by atoms with van der Waals surface area (Å²) < 4.78 is 42.7. The summed E-state index contributed by atoms with van der Waals surface area (Å²) in [6.45, 7) is 0.744. The molecule has 24 heavy (non-hydrogen) atoms. The van der Waals surface area contributed by atoms with Crippen LogP contribution in [-0.4, -0.2) is 34.6 Å². The Morgan fingerprint density at radius 2 is 1.79 bits per heavy atom. The van der Waals surface area contributed by atoms with Crippen molar-refractivity contribution in [1.82, 2.24) is 4.72 Å². The van der Waals surface area contributed by atoms with Crippen LogP contribution >= 0.6 is 0 Å². The van der Waals surface area contributed by atoms with Gasteiger partial charge in [0.05, 0.1) is 17.6 Å². The third kappa shape index (κ3) is 3.13. The Morgan fingerprint density at radius 1 is 1.08 bits per heavy atom. The van der Waals surface area contributed by atoms with E-state index in [0.29, 0.717) is 24.7 Å². The van der Waals surface area contributed by atoms with Crippen molar-refractivity contribution in [1.29, 1.82) is 0 Å². The van der Waals surface area contributed by atoms with E-state index >= 15 is 0 Å². The molecule has 0 radical (unpaired) electrons. The summed E-state index contributed by atoms with van der Waals surface area (Å²) in [7, 11) is -2.65. The number of amides is 1. The number of sulfonamides is 1.